The van der Waals surface area contributed by atoms with Crippen molar-refractivity contribution in [3.63, 3.8) is 0 Å². The van der Waals surface area contributed by atoms with E-state index in [1.165, 1.54) is 5.56 Å². The van der Waals surface area contributed by atoms with Crippen LogP contribution in [0.1, 0.15) is 49.1 Å². The van der Waals surface area contributed by atoms with E-state index in [0.29, 0.717) is 6.04 Å². The molecule has 6 heteroatoms. The third-order valence-electron chi connectivity index (χ3n) is 5.90. The molecule has 4 rings (SSSR count). The van der Waals surface area contributed by atoms with Crippen molar-refractivity contribution in [1.82, 2.24) is 15.0 Å². The lowest BCUT2D eigenvalue weighted by molar-refractivity contribution is -0.153. The molecule has 0 unspecified atom stereocenters. The van der Waals surface area contributed by atoms with Gasteiger partial charge in [0.05, 0.1) is 11.8 Å². The van der Waals surface area contributed by atoms with Crippen molar-refractivity contribution >= 4 is 5.91 Å². The Morgan fingerprint density at radius 1 is 1.17 bits per heavy atom. The summed E-state index contributed by atoms with van der Waals surface area (Å²) in [6, 6.07) is 0.418. The topological polar surface area (TPSA) is 58.8 Å². The fourth-order valence-corrected chi connectivity index (χ4v) is 4.46. The number of carbonyl (C=O) groups is 1. The van der Waals surface area contributed by atoms with Crippen LogP contribution in [0.25, 0.3) is 0 Å². The number of likely N-dealkylation sites (tertiary alicyclic amines) is 2. The van der Waals surface area contributed by atoms with Crippen molar-refractivity contribution in [2.75, 3.05) is 19.6 Å². The lowest BCUT2D eigenvalue weighted by atomic mass is 9.98. The fraction of sp³-hybridized carbons (Fsp3) is 0.778. The molecule has 132 valence electrons. The van der Waals surface area contributed by atoms with Crippen LogP contribution in [0.15, 0.2) is 4.52 Å². The van der Waals surface area contributed by atoms with E-state index >= 15 is 0 Å². The Bertz CT molecular complexity index is 589. The normalized spacial score (nSPS) is 30.8. The number of hydrogen-bond donors (Lipinski definition) is 0. The van der Waals surface area contributed by atoms with Crippen molar-refractivity contribution in [3.8, 4) is 0 Å². The van der Waals surface area contributed by atoms with E-state index in [9.17, 15) is 4.79 Å². The summed E-state index contributed by atoms with van der Waals surface area (Å²) < 4.78 is 11.5. The largest absolute Gasteiger partial charge is 0.363 e. The van der Waals surface area contributed by atoms with Crippen LogP contribution < -0.4 is 0 Å². The maximum Gasteiger partial charge on any atom is 0.251 e. The molecule has 1 aromatic rings. The van der Waals surface area contributed by atoms with E-state index in [2.05, 4.69) is 10.1 Å². The monoisotopic (exact) mass is 333 g/mol. The van der Waals surface area contributed by atoms with E-state index in [1.54, 1.807) is 0 Å². The van der Waals surface area contributed by atoms with Gasteiger partial charge in [-0.15, -0.1) is 0 Å². The maximum atomic E-state index is 12.6. The number of ether oxygens (including phenoxy) is 1. The van der Waals surface area contributed by atoms with Crippen molar-refractivity contribution < 1.29 is 14.1 Å². The van der Waals surface area contributed by atoms with E-state index in [-0.39, 0.29) is 18.1 Å². The Morgan fingerprint density at radius 3 is 2.67 bits per heavy atom. The fourth-order valence-electron chi connectivity index (χ4n) is 4.46. The predicted octanol–water partition coefficient (Wildman–Crippen LogP) is 2.04. The summed E-state index contributed by atoms with van der Waals surface area (Å²) in [5.41, 5.74) is 2.18. The molecular weight excluding hydrogens is 306 g/mol. The highest BCUT2D eigenvalue weighted by molar-refractivity contribution is 5.81. The molecule has 0 saturated carbocycles. The van der Waals surface area contributed by atoms with Gasteiger partial charge >= 0.3 is 0 Å². The molecule has 1 amide bonds. The van der Waals surface area contributed by atoms with E-state index < -0.39 is 0 Å². The number of nitrogens with zero attached hydrogens (tertiary/aromatic N) is 3. The average molecular weight is 333 g/mol. The number of carbonyl (C=O) groups excluding carboxylic acids is 1. The van der Waals surface area contributed by atoms with Gasteiger partial charge in [-0.25, -0.2) is 0 Å². The van der Waals surface area contributed by atoms with Crippen LogP contribution in [-0.4, -0.2) is 58.7 Å². The molecule has 0 bridgehead atoms. The molecule has 0 aromatic carbocycles. The summed E-state index contributed by atoms with van der Waals surface area (Å²) in [5.74, 6) is 1.13. The molecule has 3 aliphatic heterocycles. The van der Waals surface area contributed by atoms with Crippen LogP contribution in [-0.2, 0) is 16.1 Å². The Hall–Kier alpha value is -1.40. The number of aromatic nitrogens is 1. The third kappa shape index (κ3) is 2.86. The lowest BCUT2D eigenvalue weighted by Crippen LogP contribution is -2.48. The second-order valence-electron chi connectivity index (χ2n) is 7.40. The van der Waals surface area contributed by atoms with Crippen LogP contribution in [0, 0.1) is 13.8 Å². The number of aryl methyl sites for hydroxylation is 2. The molecule has 3 atom stereocenters. The smallest absolute Gasteiger partial charge is 0.251 e. The summed E-state index contributed by atoms with van der Waals surface area (Å²) in [7, 11) is 0. The van der Waals surface area contributed by atoms with Gasteiger partial charge in [-0.2, -0.15) is 0 Å². The Kier molecular flexibility index (Phi) is 4.35. The quantitative estimate of drug-likeness (QED) is 0.847. The minimum atomic E-state index is -0.219. The SMILES string of the molecule is Cc1noc(C)c1CN1CC[C@H]2O[C@@H](C(=O)N3CCCC3)CC[C@H]21. The first-order chi connectivity index (χ1) is 11.6. The van der Waals surface area contributed by atoms with E-state index in [4.69, 9.17) is 9.26 Å². The molecule has 3 aliphatic rings. The van der Waals surface area contributed by atoms with Crippen LogP contribution in [0.3, 0.4) is 0 Å². The number of fused-ring (bicyclic) bond motifs is 1. The Balaban J connectivity index is 1.38. The Morgan fingerprint density at radius 2 is 1.96 bits per heavy atom. The van der Waals surface area contributed by atoms with Crippen LogP contribution in [0.4, 0.5) is 0 Å². The predicted molar refractivity (Wildman–Crippen MR) is 88.5 cm³/mol. The van der Waals surface area contributed by atoms with Gasteiger partial charge in [-0.3, -0.25) is 9.69 Å². The molecule has 0 radical (unpaired) electrons. The number of hydrogen-bond acceptors (Lipinski definition) is 5. The standard InChI is InChI=1S/C18H27N3O3/c1-12-14(13(2)24-19-12)11-21-10-7-16-15(21)5-6-17(23-16)18(22)20-8-3-4-9-20/h15-17H,3-11H2,1-2H3/t15-,16-,17-/m1/s1. The van der Waals surface area contributed by atoms with Gasteiger partial charge in [-0.1, -0.05) is 5.16 Å². The minimum Gasteiger partial charge on any atom is -0.363 e. The summed E-state index contributed by atoms with van der Waals surface area (Å²) in [4.78, 5) is 17.1. The van der Waals surface area contributed by atoms with Crippen LogP contribution in [0.2, 0.25) is 0 Å². The number of amides is 1. The van der Waals surface area contributed by atoms with Gasteiger partial charge < -0.3 is 14.2 Å². The summed E-state index contributed by atoms with van der Waals surface area (Å²) in [5, 5.41) is 4.06. The zero-order valence-electron chi connectivity index (χ0n) is 14.7. The molecule has 0 spiro atoms. The molecule has 3 saturated heterocycles. The van der Waals surface area contributed by atoms with Crippen LogP contribution in [0.5, 0.6) is 0 Å². The average Bonchev–Trinajstić information content (AvgIpc) is 3.31. The molecule has 1 aromatic heterocycles. The highest BCUT2D eigenvalue weighted by atomic mass is 16.5. The van der Waals surface area contributed by atoms with Crippen molar-refractivity contribution in [2.24, 2.45) is 0 Å². The second kappa shape index (κ2) is 6.48. The molecule has 6 nitrogen and oxygen atoms in total. The summed E-state index contributed by atoms with van der Waals surface area (Å²) in [6.07, 6.45) is 5.13. The molecule has 0 N–H and O–H groups in total. The first-order valence-corrected chi connectivity index (χ1v) is 9.23. The van der Waals surface area contributed by atoms with Crippen molar-refractivity contribution in [1.29, 1.82) is 0 Å². The first-order valence-electron chi connectivity index (χ1n) is 9.23. The van der Waals surface area contributed by atoms with Crippen molar-refractivity contribution in [2.45, 2.75) is 70.7 Å². The zero-order valence-corrected chi connectivity index (χ0v) is 14.7. The van der Waals surface area contributed by atoms with E-state index in [1.807, 2.05) is 18.7 Å². The van der Waals surface area contributed by atoms with Gasteiger partial charge in [0.2, 0.25) is 0 Å². The zero-order chi connectivity index (χ0) is 16.7. The molecule has 24 heavy (non-hydrogen) atoms. The Labute approximate surface area is 143 Å². The molecule has 4 heterocycles. The summed E-state index contributed by atoms with van der Waals surface area (Å²) >= 11 is 0. The van der Waals surface area contributed by atoms with Crippen molar-refractivity contribution in [3.05, 3.63) is 17.0 Å². The van der Waals surface area contributed by atoms with Gasteiger partial charge in [-0.05, 0) is 46.0 Å². The third-order valence-corrected chi connectivity index (χ3v) is 5.90. The lowest BCUT2D eigenvalue weighted by Gasteiger charge is -2.36. The first kappa shape index (κ1) is 16.1. The maximum absolute atomic E-state index is 12.6. The second-order valence-corrected chi connectivity index (χ2v) is 7.40. The highest BCUT2D eigenvalue weighted by Crippen LogP contribution is 2.34. The minimum absolute atomic E-state index is 0.191. The van der Waals surface area contributed by atoms with Gasteiger partial charge in [0.1, 0.15) is 11.9 Å². The molecular formula is C18H27N3O3. The molecule has 0 aliphatic carbocycles. The van der Waals surface area contributed by atoms with Gasteiger partial charge in [0, 0.05) is 37.8 Å². The van der Waals surface area contributed by atoms with Crippen LogP contribution >= 0.6 is 0 Å². The summed E-state index contributed by atoms with van der Waals surface area (Å²) in [6.45, 7) is 7.68. The number of rotatable bonds is 3. The van der Waals surface area contributed by atoms with Gasteiger partial charge in [0.25, 0.3) is 5.91 Å². The van der Waals surface area contributed by atoms with E-state index in [0.717, 1.165) is 69.7 Å². The molecule has 3 fully saturated rings. The highest BCUT2D eigenvalue weighted by Gasteiger charge is 2.43. The van der Waals surface area contributed by atoms with Gasteiger partial charge in [0.15, 0.2) is 0 Å².